The molecule has 0 aromatic rings. The van der Waals surface area contributed by atoms with E-state index in [4.69, 9.17) is 0 Å². The standard InChI is InChI=1S/C12H25N.C11H23N/c1-7-13-9-8-10(11(2,3)4)12(13,5)6;1-10(2,3)9-7-8-12(6)11(9,4)5/h10H,7-9H2,1-6H3;9H,7-8H2,1-6H3. The Morgan fingerprint density at radius 3 is 1.36 bits per heavy atom. The molecule has 2 saturated heterocycles. The van der Waals surface area contributed by atoms with E-state index in [9.17, 15) is 0 Å². The van der Waals surface area contributed by atoms with Gasteiger partial charge in [-0.2, -0.15) is 0 Å². The summed E-state index contributed by atoms with van der Waals surface area (Å²) in [6.45, 7) is 29.8. The van der Waals surface area contributed by atoms with Gasteiger partial charge >= 0.3 is 0 Å². The zero-order valence-electron chi connectivity index (χ0n) is 19.6. The van der Waals surface area contributed by atoms with Crippen molar-refractivity contribution in [3.63, 3.8) is 0 Å². The molecule has 0 spiro atoms. The van der Waals surface area contributed by atoms with Crippen molar-refractivity contribution in [2.75, 3.05) is 26.7 Å². The van der Waals surface area contributed by atoms with E-state index in [0.29, 0.717) is 21.9 Å². The van der Waals surface area contributed by atoms with Gasteiger partial charge in [0.15, 0.2) is 0 Å². The molecule has 0 aromatic heterocycles. The molecule has 0 saturated carbocycles. The fourth-order valence-electron chi connectivity index (χ4n) is 5.93. The van der Waals surface area contributed by atoms with Gasteiger partial charge < -0.3 is 4.90 Å². The molecular formula is C23H48N2. The molecule has 150 valence electrons. The van der Waals surface area contributed by atoms with Crippen molar-refractivity contribution in [3.05, 3.63) is 0 Å². The monoisotopic (exact) mass is 352 g/mol. The number of hydrogen-bond donors (Lipinski definition) is 0. The summed E-state index contributed by atoms with van der Waals surface area (Å²) in [6.07, 6.45) is 2.72. The zero-order valence-corrected chi connectivity index (χ0v) is 19.6. The van der Waals surface area contributed by atoms with Crippen molar-refractivity contribution in [3.8, 4) is 0 Å². The first-order valence-corrected chi connectivity index (χ1v) is 10.5. The number of rotatable bonds is 1. The van der Waals surface area contributed by atoms with Crippen LogP contribution in [0.4, 0.5) is 0 Å². The van der Waals surface area contributed by atoms with Gasteiger partial charge in [-0.05, 0) is 89.9 Å². The van der Waals surface area contributed by atoms with E-state index in [2.05, 4.69) is 93.0 Å². The van der Waals surface area contributed by atoms with Crippen LogP contribution in [-0.2, 0) is 0 Å². The van der Waals surface area contributed by atoms with Crippen LogP contribution in [0.5, 0.6) is 0 Å². The molecule has 2 fully saturated rings. The highest BCUT2D eigenvalue weighted by atomic mass is 15.2. The maximum atomic E-state index is 2.61. The van der Waals surface area contributed by atoms with Crippen molar-refractivity contribution in [1.82, 2.24) is 9.80 Å². The summed E-state index contributed by atoms with van der Waals surface area (Å²) in [5.41, 5.74) is 1.69. The molecule has 0 aromatic carbocycles. The summed E-state index contributed by atoms with van der Waals surface area (Å²) >= 11 is 0. The molecule has 0 radical (unpaired) electrons. The maximum absolute atomic E-state index is 2.61. The Morgan fingerprint density at radius 2 is 1.16 bits per heavy atom. The Labute approximate surface area is 159 Å². The van der Waals surface area contributed by atoms with E-state index in [0.717, 1.165) is 11.8 Å². The second-order valence-electron chi connectivity index (χ2n) is 11.7. The lowest BCUT2D eigenvalue weighted by molar-refractivity contribution is 0.0836. The molecule has 2 aliphatic heterocycles. The minimum atomic E-state index is 0.387. The summed E-state index contributed by atoms with van der Waals surface area (Å²) in [7, 11) is 2.24. The van der Waals surface area contributed by atoms with Crippen LogP contribution in [0, 0.1) is 22.7 Å². The Hall–Kier alpha value is -0.0800. The molecule has 0 N–H and O–H groups in total. The van der Waals surface area contributed by atoms with E-state index in [1.165, 1.54) is 32.5 Å². The highest BCUT2D eigenvalue weighted by Crippen LogP contribution is 2.45. The van der Waals surface area contributed by atoms with Gasteiger partial charge in [-0.15, -0.1) is 0 Å². The van der Waals surface area contributed by atoms with Crippen LogP contribution < -0.4 is 0 Å². The number of nitrogens with zero attached hydrogens (tertiary/aromatic N) is 2. The SMILES string of the molecule is CCN1CCC(C(C)(C)C)C1(C)C.CN1CCC(C(C)(C)C)C1(C)C. The lowest BCUT2D eigenvalue weighted by Gasteiger charge is -2.41. The maximum Gasteiger partial charge on any atom is 0.0186 e. The smallest absolute Gasteiger partial charge is 0.0186 e. The van der Waals surface area contributed by atoms with E-state index in [1.807, 2.05) is 0 Å². The second-order valence-corrected chi connectivity index (χ2v) is 11.7. The average molecular weight is 353 g/mol. The van der Waals surface area contributed by atoms with Crippen LogP contribution in [0.15, 0.2) is 0 Å². The highest BCUT2D eigenvalue weighted by Gasteiger charge is 2.46. The Kier molecular flexibility index (Phi) is 6.89. The van der Waals surface area contributed by atoms with Gasteiger partial charge in [0.1, 0.15) is 0 Å². The van der Waals surface area contributed by atoms with E-state index < -0.39 is 0 Å². The van der Waals surface area contributed by atoms with Crippen molar-refractivity contribution in [1.29, 1.82) is 0 Å². The molecular weight excluding hydrogens is 304 g/mol. The van der Waals surface area contributed by atoms with Crippen LogP contribution in [0.2, 0.25) is 0 Å². The van der Waals surface area contributed by atoms with Crippen LogP contribution in [0.25, 0.3) is 0 Å². The molecule has 2 atom stereocenters. The molecule has 2 heteroatoms. The van der Waals surface area contributed by atoms with Crippen molar-refractivity contribution >= 4 is 0 Å². The first kappa shape index (κ1) is 23.0. The summed E-state index contributed by atoms with van der Waals surface area (Å²) in [4.78, 5) is 5.10. The van der Waals surface area contributed by atoms with Crippen LogP contribution >= 0.6 is 0 Å². The van der Waals surface area contributed by atoms with Gasteiger partial charge in [0.05, 0.1) is 0 Å². The molecule has 25 heavy (non-hydrogen) atoms. The largest absolute Gasteiger partial charge is 0.301 e. The predicted octanol–water partition coefficient (Wildman–Crippen LogP) is 5.92. The molecule has 0 bridgehead atoms. The van der Waals surface area contributed by atoms with Gasteiger partial charge in [0.2, 0.25) is 0 Å². The number of likely N-dealkylation sites (tertiary alicyclic amines) is 2. The minimum absolute atomic E-state index is 0.387. The van der Waals surface area contributed by atoms with E-state index >= 15 is 0 Å². The highest BCUT2D eigenvalue weighted by molar-refractivity contribution is 5.00. The summed E-state index contributed by atoms with van der Waals surface area (Å²) < 4.78 is 0. The average Bonchev–Trinajstić information content (AvgIpc) is 2.85. The Bertz CT molecular complexity index is 422. The van der Waals surface area contributed by atoms with Crippen molar-refractivity contribution in [2.45, 2.75) is 100 Å². The first-order valence-electron chi connectivity index (χ1n) is 10.5. The Morgan fingerprint density at radius 1 is 0.760 bits per heavy atom. The predicted molar refractivity (Wildman–Crippen MR) is 113 cm³/mol. The van der Waals surface area contributed by atoms with Gasteiger partial charge in [0.25, 0.3) is 0 Å². The topological polar surface area (TPSA) is 6.48 Å². The first-order chi connectivity index (χ1) is 11.1. The van der Waals surface area contributed by atoms with Gasteiger partial charge in [0, 0.05) is 11.1 Å². The molecule has 2 unspecified atom stereocenters. The van der Waals surface area contributed by atoms with E-state index in [-0.39, 0.29) is 0 Å². The second kappa shape index (κ2) is 7.50. The Balaban J connectivity index is 0.000000251. The lowest BCUT2D eigenvalue weighted by Crippen LogP contribution is -2.46. The van der Waals surface area contributed by atoms with Crippen LogP contribution in [-0.4, -0.2) is 47.6 Å². The zero-order chi connectivity index (χ0) is 19.8. The van der Waals surface area contributed by atoms with Gasteiger partial charge in [-0.3, -0.25) is 4.90 Å². The third-order valence-corrected chi connectivity index (χ3v) is 7.42. The quantitative estimate of drug-likeness (QED) is 0.578. The molecule has 2 nitrogen and oxygen atoms in total. The lowest BCUT2D eigenvalue weighted by atomic mass is 9.71. The van der Waals surface area contributed by atoms with Gasteiger partial charge in [-0.1, -0.05) is 48.5 Å². The molecule has 2 rings (SSSR count). The third kappa shape index (κ3) is 5.01. The van der Waals surface area contributed by atoms with Gasteiger partial charge in [-0.25, -0.2) is 0 Å². The van der Waals surface area contributed by atoms with Crippen molar-refractivity contribution in [2.24, 2.45) is 22.7 Å². The fourth-order valence-corrected chi connectivity index (χ4v) is 5.93. The normalized spacial score (nSPS) is 30.2. The van der Waals surface area contributed by atoms with E-state index in [1.54, 1.807) is 0 Å². The number of hydrogen-bond acceptors (Lipinski definition) is 2. The fraction of sp³-hybridized carbons (Fsp3) is 1.00. The molecule has 0 aliphatic carbocycles. The summed E-state index contributed by atoms with van der Waals surface area (Å²) in [6, 6.07) is 0. The van der Waals surface area contributed by atoms with Crippen molar-refractivity contribution < 1.29 is 0 Å². The third-order valence-electron chi connectivity index (χ3n) is 7.42. The summed E-state index contributed by atoms with van der Waals surface area (Å²) in [5, 5.41) is 0. The van der Waals surface area contributed by atoms with Crippen LogP contribution in [0.3, 0.4) is 0 Å². The molecule has 2 aliphatic rings. The molecule has 2 heterocycles. The summed E-state index contributed by atoms with van der Waals surface area (Å²) in [5.74, 6) is 1.66. The minimum Gasteiger partial charge on any atom is -0.301 e. The molecule has 0 amide bonds. The van der Waals surface area contributed by atoms with Crippen LogP contribution in [0.1, 0.15) is 89.0 Å².